The molecule has 1 aromatic rings. The normalized spacial score (nSPS) is 16.5. The molecule has 22 heavy (non-hydrogen) atoms. The van der Waals surface area contributed by atoms with Crippen LogP contribution in [-0.2, 0) is 0 Å². The largest absolute Gasteiger partial charge is 0.504 e. The van der Waals surface area contributed by atoms with Crippen molar-refractivity contribution in [2.45, 2.75) is 26.3 Å². The molecule has 0 aliphatic carbocycles. The van der Waals surface area contributed by atoms with Crippen molar-refractivity contribution in [2.75, 3.05) is 33.3 Å². The first kappa shape index (κ1) is 21.3. The lowest BCUT2D eigenvalue weighted by Gasteiger charge is -2.36. The van der Waals surface area contributed by atoms with E-state index in [0.717, 1.165) is 38.2 Å². The van der Waals surface area contributed by atoms with E-state index in [1.54, 1.807) is 7.11 Å². The molecule has 0 unspecified atom stereocenters. The summed E-state index contributed by atoms with van der Waals surface area (Å²) in [6.45, 7) is 8.53. The van der Waals surface area contributed by atoms with E-state index in [1.165, 1.54) is 0 Å². The Bertz CT molecular complexity index is 438. The highest BCUT2D eigenvalue weighted by Crippen LogP contribution is 2.38. The molecule has 0 saturated carbocycles. The lowest BCUT2D eigenvalue weighted by Crippen LogP contribution is -2.45. The van der Waals surface area contributed by atoms with E-state index in [1.807, 2.05) is 18.2 Å². The highest BCUT2D eigenvalue weighted by molar-refractivity contribution is 5.85. The second-order valence-electron chi connectivity index (χ2n) is 5.83. The Balaban J connectivity index is 0.00000220. The van der Waals surface area contributed by atoms with E-state index in [2.05, 4.69) is 24.1 Å². The van der Waals surface area contributed by atoms with E-state index in [4.69, 9.17) is 4.74 Å². The van der Waals surface area contributed by atoms with Crippen molar-refractivity contribution in [3.8, 4) is 11.5 Å². The van der Waals surface area contributed by atoms with E-state index in [0.29, 0.717) is 17.4 Å². The van der Waals surface area contributed by atoms with Crippen LogP contribution in [0.3, 0.4) is 0 Å². The second kappa shape index (κ2) is 10.2. The number of nitrogens with one attached hydrogen (secondary N) is 1. The van der Waals surface area contributed by atoms with Gasteiger partial charge in [-0.15, -0.1) is 24.8 Å². The summed E-state index contributed by atoms with van der Waals surface area (Å²) >= 11 is 0. The van der Waals surface area contributed by atoms with Crippen LogP contribution in [0.5, 0.6) is 11.5 Å². The quantitative estimate of drug-likeness (QED) is 0.855. The van der Waals surface area contributed by atoms with Crippen molar-refractivity contribution in [1.29, 1.82) is 0 Å². The Morgan fingerprint density at radius 1 is 1.23 bits per heavy atom. The minimum absolute atomic E-state index is 0. The van der Waals surface area contributed by atoms with E-state index >= 15 is 0 Å². The lowest BCUT2D eigenvalue weighted by molar-refractivity contribution is 0.151. The van der Waals surface area contributed by atoms with Gasteiger partial charge in [0.1, 0.15) is 0 Å². The molecule has 1 heterocycles. The summed E-state index contributed by atoms with van der Waals surface area (Å²) in [7, 11) is 1.60. The highest BCUT2D eigenvalue weighted by Gasteiger charge is 2.26. The molecular formula is C16H28Cl2N2O2. The zero-order valence-corrected chi connectivity index (χ0v) is 15.2. The molecule has 0 radical (unpaired) electrons. The molecule has 2 N–H and O–H groups in total. The monoisotopic (exact) mass is 350 g/mol. The van der Waals surface area contributed by atoms with Crippen molar-refractivity contribution < 1.29 is 9.84 Å². The average molecular weight is 351 g/mol. The predicted molar refractivity (Wildman–Crippen MR) is 95.8 cm³/mol. The van der Waals surface area contributed by atoms with Crippen LogP contribution in [0.25, 0.3) is 0 Å². The number of ether oxygens (including phenoxy) is 1. The van der Waals surface area contributed by atoms with Gasteiger partial charge in [-0.3, -0.25) is 4.90 Å². The fraction of sp³-hybridized carbons (Fsp3) is 0.625. The van der Waals surface area contributed by atoms with E-state index in [-0.39, 0.29) is 30.9 Å². The van der Waals surface area contributed by atoms with Crippen molar-refractivity contribution in [2.24, 2.45) is 5.92 Å². The Morgan fingerprint density at radius 3 is 2.41 bits per heavy atom. The summed E-state index contributed by atoms with van der Waals surface area (Å²) in [6.07, 6.45) is 1.04. The number of nitrogens with zero attached hydrogens (tertiary/aromatic N) is 1. The van der Waals surface area contributed by atoms with E-state index < -0.39 is 0 Å². The van der Waals surface area contributed by atoms with Crippen LogP contribution in [0.15, 0.2) is 18.2 Å². The number of phenolic OH excluding ortho intramolecular Hbond substituents is 1. The number of halogens is 2. The predicted octanol–water partition coefficient (Wildman–Crippen LogP) is 3.24. The van der Waals surface area contributed by atoms with Gasteiger partial charge in [0.25, 0.3) is 0 Å². The number of para-hydroxylation sites is 1. The second-order valence-corrected chi connectivity index (χ2v) is 5.83. The van der Waals surface area contributed by atoms with Crippen LogP contribution in [0, 0.1) is 5.92 Å². The van der Waals surface area contributed by atoms with Gasteiger partial charge < -0.3 is 15.2 Å². The fourth-order valence-corrected chi connectivity index (χ4v) is 2.89. The maximum atomic E-state index is 10.4. The first-order chi connectivity index (χ1) is 9.63. The number of methoxy groups -OCH3 is 1. The Labute approximate surface area is 146 Å². The summed E-state index contributed by atoms with van der Waals surface area (Å²) in [5.41, 5.74) is 0.986. The molecule has 4 nitrogen and oxygen atoms in total. The zero-order valence-electron chi connectivity index (χ0n) is 13.5. The lowest BCUT2D eigenvalue weighted by atomic mass is 9.94. The molecule has 6 heteroatoms. The van der Waals surface area contributed by atoms with Crippen molar-refractivity contribution in [3.63, 3.8) is 0 Å². The molecule has 1 aromatic carbocycles. The summed E-state index contributed by atoms with van der Waals surface area (Å²) in [5, 5.41) is 13.8. The van der Waals surface area contributed by atoms with Gasteiger partial charge in [-0.2, -0.15) is 0 Å². The first-order valence-corrected chi connectivity index (χ1v) is 7.44. The first-order valence-electron chi connectivity index (χ1n) is 7.44. The Kier molecular flexibility index (Phi) is 9.85. The number of hydrogen-bond donors (Lipinski definition) is 2. The SMILES string of the molecule is COc1cccc([C@@H](CC(C)C)N2CCNCC2)c1O.Cl.Cl. The third-order valence-electron chi connectivity index (χ3n) is 3.90. The number of aromatic hydroxyl groups is 1. The van der Waals surface area contributed by atoms with E-state index in [9.17, 15) is 5.11 Å². The molecule has 2 rings (SSSR count). The molecule has 128 valence electrons. The fourth-order valence-electron chi connectivity index (χ4n) is 2.89. The number of hydrogen-bond acceptors (Lipinski definition) is 4. The highest BCUT2D eigenvalue weighted by atomic mass is 35.5. The standard InChI is InChI=1S/C16H26N2O2.2ClH/c1-12(2)11-14(18-9-7-17-8-10-18)13-5-4-6-15(20-3)16(13)19;;/h4-6,12,14,17,19H,7-11H2,1-3H3;2*1H/t14-;;/m1../s1. The van der Waals surface area contributed by atoms with Gasteiger partial charge in [0.05, 0.1) is 7.11 Å². The average Bonchev–Trinajstić information content (AvgIpc) is 2.46. The number of phenols is 1. The Morgan fingerprint density at radius 2 is 1.86 bits per heavy atom. The molecule has 0 amide bonds. The van der Waals surface area contributed by atoms with Crippen molar-refractivity contribution >= 4 is 24.8 Å². The summed E-state index contributed by atoms with van der Waals surface area (Å²) in [4.78, 5) is 2.46. The van der Waals surface area contributed by atoms with Crippen LogP contribution in [0.4, 0.5) is 0 Å². The topological polar surface area (TPSA) is 44.7 Å². The van der Waals surface area contributed by atoms with Gasteiger partial charge in [0, 0.05) is 37.8 Å². The smallest absolute Gasteiger partial charge is 0.162 e. The maximum Gasteiger partial charge on any atom is 0.162 e. The minimum Gasteiger partial charge on any atom is -0.504 e. The van der Waals surface area contributed by atoms with Crippen LogP contribution in [-0.4, -0.2) is 43.3 Å². The van der Waals surface area contributed by atoms with Crippen LogP contribution in [0.2, 0.25) is 0 Å². The number of piperazine rings is 1. The summed E-state index contributed by atoms with van der Waals surface area (Å²) < 4.78 is 5.25. The van der Waals surface area contributed by atoms with Crippen LogP contribution < -0.4 is 10.1 Å². The van der Waals surface area contributed by atoms with Gasteiger partial charge in [-0.1, -0.05) is 26.0 Å². The third-order valence-corrected chi connectivity index (χ3v) is 3.90. The van der Waals surface area contributed by atoms with Crippen molar-refractivity contribution in [1.82, 2.24) is 10.2 Å². The van der Waals surface area contributed by atoms with Crippen LogP contribution >= 0.6 is 24.8 Å². The molecule has 1 atom stereocenters. The summed E-state index contributed by atoms with van der Waals surface area (Å²) in [6, 6.07) is 6.05. The van der Waals surface area contributed by atoms with Crippen molar-refractivity contribution in [3.05, 3.63) is 23.8 Å². The molecule has 0 bridgehead atoms. The molecular weight excluding hydrogens is 323 g/mol. The minimum atomic E-state index is 0. The van der Waals surface area contributed by atoms with Gasteiger partial charge in [-0.25, -0.2) is 0 Å². The molecule has 1 aliphatic heterocycles. The molecule has 0 aromatic heterocycles. The van der Waals surface area contributed by atoms with Crippen LogP contribution in [0.1, 0.15) is 31.9 Å². The van der Waals surface area contributed by atoms with Gasteiger partial charge in [0.15, 0.2) is 11.5 Å². The molecule has 0 spiro atoms. The number of rotatable bonds is 5. The Hall–Kier alpha value is -0.680. The maximum absolute atomic E-state index is 10.4. The van der Waals surface area contributed by atoms with Gasteiger partial charge in [-0.05, 0) is 18.4 Å². The molecule has 1 saturated heterocycles. The molecule has 1 aliphatic rings. The summed E-state index contributed by atoms with van der Waals surface area (Å²) in [5.74, 6) is 1.44. The zero-order chi connectivity index (χ0) is 14.5. The number of benzene rings is 1. The van der Waals surface area contributed by atoms with Gasteiger partial charge in [0.2, 0.25) is 0 Å². The third kappa shape index (κ3) is 5.20. The van der Waals surface area contributed by atoms with Gasteiger partial charge >= 0.3 is 0 Å². The molecule has 1 fully saturated rings.